The van der Waals surface area contributed by atoms with Crippen molar-refractivity contribution in [2.45, 2.75) is 32.0 Å². The molecule has 1 rings (SSSR count). The molecule has 0 bridgehead atoms. The molecule has 1 N–H and O–H groups in total. The van der Waals surface area contributed by atoms with Gasteiger partial charge in [-0.05, 0) is 19.5 Å². The van der Waals surface area contributed by atoms with Crippen LogP contribution in [0.3, 0.4) is 0 Å². The van der Waals surface area contributed by atoms with Crippen molar-refractivity contribution in [1.29, 1.82) is 0 Å². The van der Waals surface area contributed by atoms with Gasteiger partial charge in [-0.3, -0.25) is 4.98 Å². The average molecular weight is 267 g/mol. The van der Waals surface area contributed by atoms with Crippen LogP contribution in [0.5, 0.6) is 0 Å². The van der Waals surface area contributed by atoms with E-state index in [1.165, 1.54) is 0 Å². The Morgan fingerprint density at radius 2 is 2.12 bits per heavy atom. The Hall–Kier alpha value is -0.810. The van der Waals surface area contributed by atoms with Gasteiger partial charge < -0.3 is 5.32 Å². The largest absolute Gasteiger partial charge is 0.417 e. The van der Waals surface area contributed by atoms with Crippen molar-refractivity contribution in [1.82, 2.24) is 10.3 Å². The van der Waals surface area contributed by atoms with Crippen molar-refractivity contribution in [2.75, 3.05) is 7.05 Å². The summed E-state index contributed by atoms with van der Waals surface area (Å²) in [7, 11) is 1.80. The molecule has 0 amide bonds. The molecule has 1 atom stereocenters. The summed E-state index contributed by atoms with van der Waals surface area (Å²) in [5.41, 5.74) is -0.329. The molecule has 0 aliphatic heterocycles. The maximum atomic E-state index is 12.4. The van der Waals surface area contributed by atoms with Crippen LogP contribution in [0, 0.1) is 0 Å². The normalized spacial score (nSPS) is 13.8. The Kier molecular flexibility index (Phi) is 4.77. The lowest BCUT2D eigenvalue weighted by Gasteiger charge is -2.15. The van der Waals surface area contributed by atoms with Crippen molar-refractivity contribution in [3.8, 4) is 0 Å². The molecule has 0 fully saturated rings. The fraction of sp³-hybridized carbons (Fsp3) is 0.545. The highest BCUT2D eigenvalue weighted by atomic mass is 35.5. The lowest BCUT2D eigenvalue weighted by molar-refractivity contribution is -0.137. The number of hydrogen-bond donors (Lipinski definition) is 1. The number of hydrogen-bond acceptors (Lipinski definition) is 2. The fourth-order valence-corrected chi connectivity index (χ4v) is 1.70. The van der Waals surface area contributed by atoms with E-state index in [9.17, 15) is 13.2 Å². The topological polar surface area (TPSA) is 24.9 Å². The summed E-state index contributed by atoms with van der Waals surface area (Å²) >= 11 is 5.80. The molecule has 2 nitrogen and oxygen atoms in total. The van der Waals surface area contributed by atoms with E-state index in [1.807, 2.05) is 6.92 Å². The third kappa shape index (κ3) is 3.85. The van der Waals surface area contributed by atoms with Gasteiger partial charge in [0.2, 0.25) is 0 Å². The molecule has 0 saturated carbocycles. The first-order valence-electron chi connectivity index (χ1n) is 5.27. The highest BCUT2D eigenvalue weighted by Gasteiger charge is 2.31. The van der Waals surface area contributed by atoms with Crippen molar-refractivity contribution < 1.29 is 13.2 Å². The molecule has 6 heteroatoms. The van der Waals surface area contributed by atoms with Crippen LogP contribution < -0.4 is 5.32 Å². The molecule has 96 valence electrons. The van der Waals surface area contributed by atoms with Crippen LogP contribution in [-0.4, -0.2) is 18.1 Å². The van der Waals surface area contributed by atoms with Crippen molar-refractivity contribution in [2.24, 2.45) is 0 Å². The van der Waals surface area contributed by atoms with E-state index in [1.54, 1.807) is 7.05 Å². The Bertz CT molecular complexity index is 375. The molecule has 0 aliphatic rings. The van der Waals surface area contributed by atoms with Crippen LogP contribution in [0.2, 0.25) is 5.02 Å². The van der Waals surface area contributed by atoms with Gasteiger partial charge in [-0.1, -0.05) is 18.5 Å². The van der Waals surface area contributed by atoms with E-state index in [0.29, 0.717) is 12.1 Å². The highest BCUT2D eigenvalue weighted by molar-refractivity contribution is 6.31. The number of halogens is 4. The predicted molar refractivity (Wildman–Crippen MR) is 61.1 cm³/mol. The minimum absolute atomic E-state index is 0.0634. The first kappa shape index (κ1) is 14.3. The standard InChI is InChI=1S/C11H14ClF3N2/c1-3-8(16-2)5-10-9(12)4-7(6-17-10)11(13,14)15/h4,6,8,16H,3,5H2,1-2H3. The first-order chi connectivity index (χ1) is 7.88. The number of likely N-dealkylation sites (N-methyl/N-ethyl adjacent to an activating group) is 1. The zero-order valence-corrected chi connectivity index (χ0v) is 10.4. The number of pyridine rings is 1. The van der Waals surface area contributed by atoms with Crippen molar-refractivity contribution in [3.05, 3.63) is 28.5 Å². The third-order valence-electron chi connectivity index (χ3n) is 2.59. The lowest BCUT2D eigenvalue weighted by Crippen LogP contribution is -2.27. The first-order valence-corrected chi connectivity index (χ1v) is 5.65. The SMILES string of the molecule is CCC(Cc1ncc(C(F)(F)F)cc1Cl)NC. The molecule has 0 radical (unpaired) electrons. The van der Waals surface area contributed by atoms with Crippen LogP contribution in [0.15, 0.2) is 12.3 Å². The lowest BCUT2D eigenvalue weighted by atomic mass is 10.1. The number of nitrogens with zero attached hydrogens (tertiary/aromatic N) is 1. The molecule has 0 spiro atoms. The van der Waals surface area contributed by atoms with E-state index in [4.69, 9.17) is 11.6 Å². The maximum absolute atomic E-state index is 12.4. The smallest absolute Gasteiger partial charge is 0.317 e. The van der Waals surface area contributed by atoms with Gasteiger partial charge in [0, 0.05) is 18.7 Å². The minimum Gasteiger partial charge on any atom is -0.317 e. The van der Waals surface area contributed by atoms with E-state index in [0.717, 1.165) is 18.7 Å². The second-order valence-corrected chi connectivity index (χ2v) is 4.16. The fourth-order valence-electron chi connectivity index (χ4n) is 1.46. The minimum atomic E-state index is -4.40. The summed E-state index contributed by atoms with van der Waals surface area (Å²) in [6.45, 7) is 1.99. The molecular formula is C11H14ClF3N2. The highest BCUT2D eigenvalue weighted by Crippen LogP contribution is 2.31. The molecule has 1 unspecified atom stereocenters. The Labute approximate surface area is 103 Å². The number of alkyl halides is 3. The summed E-state index contributed by atoms with van der Waals surface area (Å²) in [6, 6.07) is 1.09. The van der Waals surface area contributed by atoms with Crippen LogP contribution in [0.1, 0.15) is 24.6 Å². The summed E-state index contributed by atoms with van der Waals surface area (Å²) in [5, 5.41) is 3.11. The van der Waals surface area contributed by atoms with Gasteiger partial charge in [0.25, 0.3) is 0 Å². The van der Waals surface area contributed by atoms with Crippen molar-refractivity contribution in [3.63, 3.8) is 0 Å². The quantitative estimate of drug-likeness (QED) is 0.905. The molecule has 17 heavy (non-hydrogen) atoms. The average Bonchev–Trinajstić information content (AvgIpc) is 2.26. The summed E-state index contributed by atoms with van der Waals surface area (Å²) < 4.78 is 37.2. The van der Waals surface area contributed by atoms with Gasteiger partial charge in [0.05, 0.1) is 16.3 Å². The van der Waals surface area contributed by atoms with Crippen LogP contribution in [0.4, 0.5) is 13.2 Å². The predicted octanol–water partition coefficient (Wildman–Crippen LogP) is 3.29. The molecule has 0 aromatic carbocycles. The van der Waals surface area contributed by atoms with Gasteiger partial charge in [-0.15, -0.1) is 0 Å². The van der Waals surface area contributed by atoms with Gasteiger partial charge in [-0.25, -0.2) is 0 Å². The van der Waals surface area contributed by atoms with E-state index in [2.05, 4.69) is 10.3 Å². The van der Waals surface area contributed by atoms with E-state index >= 15 is 0 Å². The molecule has 1 heterocycles. The number of nitrogens with one attached hydrogen (secondary N) is 1. The summed E-state index contributed by atoms with van der Waals surface area (Å²) in [5.74, 6) is 0. The molecule has 0 saturated heterocycles. The van der Waals surface area contributed by atoms with E-state index < -0.39 is 11.7 Å². The number of rotatable bonds is 4. The Balaban J connectivity index is 2.90. The second kappa shape index (κ2) is 5.69. The number of aromatic nitrogens is 1. The van der Waals surface area contributed by atoms with E-state index in [-0.39, 0.29) is 11.1 Å². The maximum Gasteiger partial charge on any atom is 0.417 e. The molecule has 1 aromatic rings. The summed E-state index contributed by atoms with van der Waals surface area (Å²) in [6.07, 6.45) is -2.20. The Morgan fingerprint density at radius 3 is 2.53 bits per heavy atom. The van der Waals surface area contributed by atoms with Crippen LogP contribution in [-0.2, 0) is 12.6 Å². The van der Waals surface area contributed by atoms with Crippen LogP contribution >= 0.6 is 11.6 Å². The molecule has 1 aromatic heterocycles. The van der Waals surface area contributed by atoms with Gasteiger partial charge in [0.1, 0.15) is 0 Å². The van der Waals surface area contributed by atoms with Crippen LogP contribution in [0.25, 0.3) is 0 Å². The summed E-state index contributed by atoms with van der Waals surface area (Å²) in [4.78, 5) is 3.79. The van der Waals surface area contributed by atoms with Gasteiger partial charge in [0.15, 0.2) is 0 Å². The Morgan fingerprint density at radius 1 is 1.47 bits per heavy atom. The van der Waals surface area contributed by atoms with Gasteiger partial charge in [-0.2, -0.15) is 13.2 Å². The van der Waals surface area contributed by atoms with Crippen molar-refractivity contribution >= 4 is 11.6 Å². The second-order valence-electron chi connectivity index (χ2n) is 3.75. The monoisotopic (exact) mass is 266 g/mol. The zero-order chi connectivity index (χ0) is 13.1. The molecular weight excluding hydrogens is 253 g/mol. The third-order valence-corrected chi connectivity index (χ3v) is 2.91. The van der Waals surface area contributed by atoms with Gasteiger partial charge >= 0.3 is 6.18 Å². The zero-order valence-electron chi connectivity index (χ0n) is 9.61. The molecule has 0 aliphatic carbocycles.